The zero-order valence-electron chi connectivity index (χ0n) is 10.2. The maximum absolute atomic E-state index is 8.54. The number of nitrogens with zero attached hydrogens (tertiary/aromatic N) is 2. The molecule has 0 unspecified atom stereocenters. The first kappa shape index (κ1) is 12.9. The van der Waals surface area contributed by atoms with Gasteiger partial charge >= 0.3 is 0 Å². The summed E-state index contributed by atoms with van der Waals surface area (Å²) < 4.78 is 5.14. The smallest absolute Gasteiger partial charge is 0.0890 e. The van der Waals surface area contributed by atoms with Crippen molar-refractivity contribution in [3.63, 3.8) is 0 Å². The molecule has 0 saturated carbocycles. The Bertz CT molecular complexity index is 490. The minimum Gasteiger partial charge on any atom is -0.394 e. The van der Waals surface area contributed by atoms with Crippen LogP contribution in [0.4, 0.5) is 0 Å². The van der Waals surface area contributed by atoms with Crippen LogP contribution in [0.25, 0.3) is 11.0 Å². The number of rotatable bonds is 7. The zero-order chi connectivity index (χ0) is 12.6. The SMILES string of the molecule is OCCOCCNCc1cnc2ccccc2n1. The van der Waals surface area contributed by atoms with E-state index in [1.165, 1.54) is 0 Å². The molecule has 5 nitrogen and oxygen atoms in total. The summed E-state index contributed by atoms with van der Waals surface area (Å²) in [5, 5.41) is 11.8. The first-order valence-corrected chi connectivity index (χ1v) is 6.00. The maximum atomic E-state index is 8.54. The third kappa shape index (κ3) is 3.73. The van der Waals surface area contributed by atoms with E-state index in [0.717, 1.165) is 23.3 Å². The number of benzene rings is 1. The van der Waals surface area contributed by atoms with E-state index in [0.29, 0.717) is 19.8 Å². The highest BCUT2D eigenvalue weighted by atomic mass is 16.5. The molecule has 0 atom stereocenters. The highest BCUT2D eigenvalue weighted by Crippen LogP contribution is 2.07. The summed E-state index contributed by atoms with van der Waals surface area (Å²) in [4.78, 5) is 8.85. The Balaban J connectivity index is 1.81. The normalized spacial score (nSPS) is 10.9. The molecule has 0 radical (unpaired) electrons. The standard InChI is InChI=1S/C13H17N3O2/c17-6-8-18-7-5-14-9-11-10-15-12-3-1-2-4-13(12)16-11/h1-4,10,14,17H,5-9H2. The van der Waals surface area contributed by atoms with Gasteiger partial charge in [0.05, 0.1) is 42.7 Å². The Hall–Kier alpha value is -1.56. The Morgan fingerprint density at radius 2 is 2.00 bits per heavy atom. The van der Waals surface area contributed by atoms with Crippen LogP contribution in [0.15, 0.2) is 30.5 Å². The summed E-state index contributed by atoms with van der Waals surface area (Å²) in [7, 11) is 0. The van der Waals surface area contributed by atoms with Gasteiger partial charge in [0, 0.05) is 13.1 Å². The molecule has 0 fully saturated rings. The first-order chi connectivity index (χ1) is 8.90. The Morgan fingerprint density at radius 3 is 2.83 bits per heavy atom. The lowest BCUT2D eigenvalue weighted by Gasteiger charge is -2.05. The van der Waals surface area contributed by atoms with Crippen molar-refractivity contribution in [3.05, 3.63) is 36.2 Å². The molecule has 1 aromatic carbocycles. The Kier molecular flexibility index (Phi) is 5.01. The van der Waals surface area contributed by atoms with Crippen LogP contribution in [0.2, 0.25) is 0 Å². The summed E-state index contributed by atoms with van der Waals surface area (Å²) in [6.07, 6.45) is 1.78. The number of aliphatic hydroxyl groups excluding tert-OH is 1. The van der Waals surface area contributed by atoms with Crippen molar-refractivity contribution < 1.29 is 9.84 Å². The minimum atomic E-state index is 0.0656. The predicted octanol–water partition coefficient (Wildman–Crippen LogP) is 0.728. The van der Waals surface area contributed by atoms with Gasteiger partial charge in [-0.25, -0.2) is 4.98 Å². The summed E-state index contributed by atoms with van der Waals surface area (Å²) in [6.45, 7) is 2.43. The van der Waals surface area contributed by atoms with Gasteiger partial charge in [0.15, 0.2) is 0 Å². The molecule has 0 aliphatic heterocycles. The van der Waals surface area contributed by atoms with E-state index in [1.807, 2.05) is 24.3 Å². The topological polar surface area (TPSA) is 67.3 Å². The number of nitrogens with one attached hydrogen (secondary N) is 1. The molecule has 0 amide bonds. The molecule has 96 valence electrons. The largest absolute Gasteiger partial charge is 0.394 e. The van der Waals surface area contributed by atoms with Crippen molar-refractivity contribution in [2.24, 2.45) is 0 Å². The fraction of sp³-hybridized carbons (Fsp3) is 0.385. The van der Waals surface area contributed by atoms with Gasteiger partial charge in [-0.1, -0.05) is 12.1 Å². The first-order valence-electron chi connectivity index (χ1n) is 6.00. The summed E-state index contributed by atoms with van der Waals surface area (Å²) in [5.41, 5.74) is 2.73. The number of ether oxygens (including phenoxy) is 1. The Labute approximate surface area is 106 Å². The van der Waals surface area contributed by atoms with Crippen LogP contribution in [-0.4, -0.2) is 41.4 Å². The second-order valence-electron chi connectivity index (χ2n) is 3.86. The van der Waals surface area contributed by atoms with Crippen molar-refractivity contribution in [1.29, 1.82) is 0 Å². The highest BCUT2D eigenvalue weighted by molar-refractivity contribution is 5.73. The second kappa shape index (κ2) is 7.00. The minimum absolute atomic E-state index is 0.0656. The molecular formula is C13H17N3O2. The van der Waals surface area contributed by atoms with Crippen molar-refractivity contribution in [1.82, 2.24) is 15.3 Å². The highest BCUT2D eigenvalue weighted by Gasteiger charge is 1.98. The quantitative estimate of drug-likeness (QED) is 0.706. The van der Waals surface area contributed by atoms with Gasteiger partial charge in [-0.3, -0.25) is 4.98 Å². The van der Waals surface area contributed by atoms with E-state index in [1.54, 1.807) is 6.20 Å². The third-order valence-electron chi connectivity index (χ3n) is 2.46. The predicted molar refractivity (Wildman–Crippen MR) is 69.1 cm³/mol. The molecule has 0 bridgehead atoms. The molecular weight excluding hydrogens is 230 g/mol. The molecule has 2 N–H and O–H groups in total. The lowest BCUT2D eigenvalue weighted by molar-refractivity contribution is 0.0937. The van der Waals surface area contributed by atoms with Crippen molar-refractivity contribution in [3.8, 4) is 0 Å². The van der Waals surface area contributed by atoms with Gasteiger partial charge in [-0.15, -0.1) is 0 Å². The van der Waals surface area contributed by atoms with E-state index in [4.69, 9.17) is 9.84 Å². The number of hydrogen-bond donors (Lipinski definition) is 2. The Morgan fingerprint density at radius 1 is 1.17 bits per heavy atom. The van der Waals surface area contributed by atoms with Gasteiger partial charge < -0.3 is 15.2 Å². The maximum Gasteiger partial charge on any atom is 0.0890 e. The number of para-hydroxylation sites is 2. The lowest BCUT2D eigenvalue weighted by atomic mass is 10.3. The fourth-order valence-corrected chi connectivity index (χ4v) is 1.61. The van der Waals surface area contributed by atoms with Gasteiger partial charge in [-0.2, -0.15) is 0 Å². The average molecular weight is 247 g/mol. The number of aromatic nitrogens is 2. The van der Waals surface area contributed by atoms with Crippen molar-refractivity contribution in [2.75, 3.05) is 26.4 Å². The van der Waals surface area contributed by atoms with E-state index in [2.05, 4.69) is 15.3 Å². The van der Waals surface area contributed by atoms with Crippen LogP contribution in [0.3, 0.4) is 0 Å². The van der Waals surface area contributed by atoms with Crippen LogP contribution in [0.5, 0.6) is 0 Å². The van der Waals surface area contributed by atoms with Crippen LogP contribution < -0.4 is 5.32 Å². The summed E-state index contributed by atoms with van der Waals surface area (Å²) in [5.74, 6) is 0. The number of aliphatic hydroxyl groups is 1. The zero-order valence-corrected chi connectivity index (χ0v) is 10.2. The monoisotopic (exact) mass is 247 g/mol. The fourth-order valence-electron chi connectivity index (χ4n) is 1.61. The molecule has 0 spiro atoms. The van der Waals surface area contributed by atoms with Crippen molar-refractivity contribution >= 4 is 11.0 Å². The van der Waals surface area contributed by atoms with E-state index in [9.17, 15) is 0 Å². The molecule has 2 aromatic rings. The molecule has 5 heteroatoms. The summed E-state index contributed by atoms with van der Waals surface area (Å²) in [6, 6.07) is 7.81. The number of hydrogen-bond acceptors (Lipinski definition) is 5. The van der Waals surface area contributed by atoms with Gasteiger partial charge in [-0.05, 0) is 12.1 Å². The molecule has 1 aromatic heterocycles. The van der Waals surface area contributed by atoms with Crippen LogP contribution in [0, 0.1) is 0 Å². The third-order valence-corrected chi connectivity index (χ3v) is 2.46. The van der Waals surface area contributed by atoms with Crippen LogP contribution in [-0.2, 0) is 11.3 Å². The molecule has 18 heavy (non-hydrogen) atoms. The lowest BCUT2D eigenvalue weighted by Crippen LogP contribution is -2.20. The second-order valence-corrected chi connectivity index (χ2v) is 3.86. The summed E-state index contributed by atoms with van der Waals surface area (Å²) >= 11 is 0. The molecule has 0 aliphatic rings. The van der Waals surface area contributed by atoms with Gasteiger partial charge in [0.25, 0.3) is 0 Å². The van der Waals surface area contributed by atoms with E-state index in [-0.39, 0.29) is 6.61 Å². The molecule has 0 aliphatic carbocycles. The number of fused-ring (bicyclic) bond motifs is 1. The van der Waals surface area contributed by atoms with Crippen LogP contribution >= 0.6 is 0 Å². The molecule has 2 rings (SSSR count). The van der Waals surface area contributed by atoms with Crippen LogP contribution in [0.1, 0.15) is 5.69 Å². The molecule has 0 saturated heterocycles. The molecule has 1 heterocycles. The van der Waals surface area contributed by atoms with Gasteiger partial charge in [0.2, 0.25) is 0 Å². The average Bonchev–Trinajstić information content (AvgIpc) is 2.42. The van der Waals surface area contributed by atoms with E-state index < -0.39 is 0 Å². The van der Waals surface area contributed by atoms with E-state index >= 15 is 0 Å². The van der Waals surface area contributed by atoms with Gasteiger partial charge in [0.1, 0.15) is 0 Å². The van der Waals surface area contributed by atoms with Crippen molar-refractivity contribution in [2.45, 2.75) is 6.54 Å².